The average molecular weight is 301 g/mol. The van der Waals surface area contributed by atoms with E-state index in [1.54, 1.807) is 31.2 Å². The molecule has 0 fully saturated rings. The van der Waals surface area contributed by atoms with Crippen LogP contribution in [-0.4, -0.2) is 17.8 Å². The maximum Gasteiger partial charge on any atom is 0.265 e. The predicted molar refractivity (Wildman–Crippen MR) is 81.6 cm³/mol. The summed E-state index contributed by atoms with van der Waals surface area (Å²) in [5, 5.41) is 2.68. The fourth-order valence-corrected chi connectivity index (χ4v) is 1.83. The largest absolute Gasteiger partial charge is 0.481 e. The van der Waals surface area contributed by atoms with Crippen molar-refractivity contribution in [1.29, 1.82) is 0 Å². The van der Waals surface area contributed by atoms with Crippen LogP contribution in [0.15, 0.2) is 48.5 Å². The standard InChI is InChI=1S/C17H16FNO3/c1-11(20)13-4-3-5-15(10-13)19-17(21)12(2)22-16-8-6-14(18)7-9-16/h3-10,12H,1-2H3,(H,19,21). The number of nitrogens with one attached hydrogen (secondary N) is 1. The fourth-order valence-electron chi connectivity index (χ4n) is 1.83. The van der Waals surface area contributed by atoms with Gasteiger partial charge in [0.15, 0.2) is 11.9 Å². The lowest BCUT2D eigenvalue weighted by atomic mass is 10.1. The molecule has 1 N–H and O–H groups in total. The van der Waals surface area contributed by atoms with E-state index in [9.17, 15) is 14.0 Å². The second-order valence-corrected chi connectivity index (χ2v) is 4.84. The first-order valence-electron chi connectivity index (χ1n) is 6.80. The number of benzene rings is 2. The Morgan fingerprint density at radius 3 is 2.45 bits per heavy atom. The third kappa shape index (κ3) is 4.15. The first-order valence-corrected chi connectivity index (χ1v) is 6.80. The average Bonchev–Trinajstić information content (AvgIpc) is 2.49. The topological polar surface area (TPSA) is 55.4 Å². The van der Waals surface area contributed by atoms with Crippen LogP contribution in [-0.2, 0) is 4.79 Å². The zero-order valence-corrected chi connectivity index (χ0v) is 12.3. The number of carbonyl (C=O) groups excluding carboxylic acids is 2. The number of rotatable bonds is 5. The van der Waals surface area contributed by atoms with E-state index in [4.69, 9.17) is 4.74 Å². The summed E-state index contributed by atoms with van der Waals surface area (Å²) in [4.78, 5) is 23.4. The van der Waals surface area contributed by atoms with Gasteiger partial charge in [-0.05, 0) is 50.2 Å². The zero-order valence-electron chi connectivity index (χ0n) is 12.3. The summed E-state index contributed by atoms with van der Waals surface area (Å²) in [6.45, 7) is 3.05. The molecule has 0 aliphatic heterocycles. The molecular weight excluding hydrogens is 285 g/mol. The van der Waals surface area contributed by atoms with Crippen molar-refractivity contribution >= 4 is 17.4 Å². The van der Waals surface area contributed by atoms with E-state index >= 15 is 0 Å². The Balaban J connectivity index is 2.00. The van der Waals surface area contributed by atoms with Crippen molar-refractivity contribution in [2.75, 3.05) is 5.32 Å². The predicted octanol–water partition coefficient (Wildman–Crippen LogP) is 3.43. The number of ether oxygens (including phenoxy) is 1. The molecule has 22 heavy (non-hydrogen) atoms. The van der Waals surface area contributed by atoms with E-state index in [0.29, 0.717) is 17.0 Å². The molecule has 2 aromatic rings. The SMILES string of the molecule is CC(=O)c1cccc(NC(=O)C(C)Oc2ccc(F)cc2)c1. The smallest absolute Gasteiger partial charge is 0.265 e. The molecule has 0 spiro atoms. The van der Waals surface area contributed by atoms with Crippen molar-refractivity contribution in [2.24, 2.45) is 0 Å². The van der Waals surface area contributed by atoms with Gasteiger partial charge in [0.1, 0.15) is 11.6 Å². The van der Waals surface area contributed by atoms with Gasteiger partial charge in [0, 0.05) is 11.3 Å². The van der Waals surface area contributed by atoms with E-state index in [2.05, 4.69) is 5.32 Å². The fraction of sp³-hybridized carbons (Fsp3) is 0.176. The van der Waals surface area contributed by atoms with E-state index < -0.39 is 6.10 Å². The summed E-state index contributed by atoms with van der Waals surface area (Å²) >= 11 is 0. The molecular formula is C17H16FNO3. The highest BCUT2D eigenvalue weighted by Crippen LogP contribution is 2.15. The maximum atomic E-state index is 12.8. The molecule has 0 aromatic heterocycles. The number of Topliss-reactive ketones (excluding diaryl/α,β-unsaturated/α-hetero) is 1. The van der Waals surface area contributed by atoms with Crippen LogP contribution in [0.5, 0.6) is 5.75 Å². The van der Waals surface area contributed by atoms with Gasteiger partial charge in [-0.2, -0.15) is 0 Å². The van der Waals surface area contributed by atoms with Gasteiger partial charge in [0.25, 0.3) is 5.91 Å². The second-order valence-electron chi connectivity index (χ2n) is 4.84. The number of hydrogen-bond acceptors (Lipinski definition) is 3. The molecule has 0 radical (unpaired) electrons. The summed E-state index contributed by atoms with van der Waals surface area (Å²) in [7, 11) is 0. The quantitative estimate of drug-likeness (QED) is 0.861. The number of amides is 1. The minimum absolute atomic E-state index is 0.0771. The van der Waals surface area contributed by atoms with Gasteiger partial charge in [0.05, 0.1) is 0 Å². The van der Waals surface area contributed by atoms with Crippen LogP contribution in [0.2, 0.25) is 0 Å². The summed E-state index contributed by atoms with van der Waals surface area (Å²) in [5.41, 5.74) is 1.04. The lowest BCUT2D eigenvalue weighted by Gasteiger charge is -2.15. The van der Waals surface area contributed by atoms with Crippen LogP contribution in [0.4, 0.5) is 10.1 Å². The molecule has 1 atom stereocenters. The zero-order chi connectivity index (χ0) is 16.1. The van der Waals surface area contributed by atoms with Crippen molar-refractivity contribution in [3.8, 4) is 5.75 Å². The van der Waals surface area contributed by atoms with Crippen molar-refractivity contribution < 1.29 is 18.7 Å². The van der Waals surface area contributed by atoms with Gasteiger partial charge in [0.2, 0.25) is 0 Å². The van der Waals surface area contributed by atoms with Gasteiger partial charge in [-0.3, -0.25) is 9.59 Å². The van der Waals surface area contributed by atoms with E-state index in [1.807, 2.05) is 0 Å². The van der Waals surface area contributed by atoms with Crippen LogP contribution in [0.1, 0.15) is 24.2 Å². The Hall–Kier alpha value is -2.69. The molecule has 0 saturated carbocycles. The van der Waals surface area contributed by atoms with Gasteiger partial charge in [-0.15, -0.1) is 0 Å². The molecule has 4 nitrogen and oxygen atoms in total. The highest BCUT2D eigenvalue weighted by molar-refractivity contribution is 5.98. The van der Waals surface area contributed by atoms with Crippen molar-refractivity contribution in [2.45, 2.75) is 20.0 Å². The highest BCUT2D eigenvalue weighted by atomic mass is 19.1. The third-order valence-corrected chi connectivity index (χ3v) is 3.03. The number of ketones is 1. The molecule has 0 aliphatic rings. The molecule has 1 unspecified atom stereocenters. The van der Waals surface area contributed by atoms with E-state index in [-0.39, 0.29) is 17.5 Å². The van der Waals surface area contributed by atoms with Crippen LogP contribution in [0.25, 0.3) is 0 Å². The number of hydrogen-bond donors (Lipinski definition) is 1. The van der Waals surface area contributed by atoms with Crippen LogP contribution < -0.4 is 10.1 Å². The Morgan fingerprint density at radius 1 is 1.14 bits per heavy atom. The Labute approximate surface area is 127 Å². The number of anilines is 1. The minimum Gasteiger partial charge on any atom is -0.481 e. The number of halogens is 1. The van der Waals surface area contributed by atoms with E-state index in [1.165, 1.54) is 31.2 Å². The summed E-state index contributed by atoms with van der Waals surface area (Å²) in [5.74, 6) is -0.399. The maximum absolute atomic E-state index is 12.8. The molecule has 1 amide bonds. The van der Waals surface area contributed by atoms with Gasteiger partial charge in [-0.1, -0.05) is 12.1 Å². The molecule has 0 saturated heterocycles. The van der Waals surface area contributed by atoms with E-state index in [0.717, 1.165) is 0 Å². The second kappa shape index (κ2) is 6.85. The Morgan fingerprint density at radius 2 is 1.82 bits per heavy atom. The monoisotopic (exact) mass is 301 g/mol. The normalized spacial score (nSPS) is 11.6. The molecule has 0 bridgehead atoms. The molecule has 2 rings (SSSR count). The first kappa shape index (κ1) is 15.7. The van der Waals surface area contributed by atoms with Gasteiger partial charge in [-0.25, -0.2) is 4.39 Å². The van der Waals surface area contributed by atoms with Crippen molar-refractivity contribution in [1.82, 2.24) is 0 Å². The summed E-state index contributed by atoms with van der Waals surface area (Å²) in [6.07, 6.45) is -0.758. The summed E-state index contributed by atoms with van der Waals surface area (Å²) < 4.78 is 18.2. The lowest BCUT2D eigenvalue weighted by Crippen LogP contribution is -2.30. The lowest BCUT2D eigenvalue weighted by molar-refractivity contribution is -0.122. The van der Waals surface area contributed by atoms with Crippen LogP contribution >= 0.6 is 0 Å². The third-order valence-electron chi connectivity index (χ3n) is 3.03. The van der Waals surface area contributed by atoms with Gasteiger partial charge < -0.3 is 10.1 Å². The Kier molecular flexibility index (Phi) is 4.88. The summed E-state index contributed by atoms with van der Waals surface area (Å²) in [6, 6.07) is 12.1. The van der Waals surface area contributed by atoms with Gasteiger partial charge >= 0.3 is 0 Å². The molecule has 2 aromatic carbocycles. The molecule has 5 heteroatoms. The minimum atomic E-state index is -0.758. The molecule has 0 aliphatic carbocycles. The van der Waals surface area contributed by atoms with Crippen molar-refractivity contribution in [3.05, 3.63) is 59.9 Å². The number of carbonyl (C=O) groups is 2. The molecule has 114 valence electrons. The van der Waals surface area contributed by atoms with Crippen LogP contribution in [0.3, 0.4) is 0 Å². The highest BCUT2D eigenvalue weighted by Gasteiger charge is 2.15. The van der Waals surface area contributed by atoms with Crippen LogP contribution in [0, 0.1) is 5.82 Å². The Bertz CT molecular complexity index is 683. The first-order chi connectivity index (χ1) is 10.5. The van der Waals surface area contributed by atoms with Crippen molar-refractivity contribution in [3.63, 3.8) is 0 Å². The molecule has 0 heterocycles.